The summed E-state index contributed by atoms with van der Waals surface area (Å²) in [5, 5.41) is 7.06. The smallest absolute Gasteiger partial charge is 0.273 e. The van der Waals surface area contributed by atoms with Crippen molar-refractivity contribution in [3.8, 4) is 0 Å². The van der Waals surface area contributed by atoms with Crippen LogP contribution >= 0.6 is 0 Å². The van der Waals surface area contributed by atoms with Crippen molar-refractivity contribution in [2.24, 2.45) is 11.7 Å². The van der Waals surface area contributed by atoms with Gasteiger partial charge in [-0.15, -0.1) is 0 Å². The Bertz CT molecular complexity index is 1130. The molecule has 198 valence electrons. The monoisotopic (exact) mass is 518 g/mol. The number of anilines is 1. The predicted molar refractivity (Wildman–Crippen MR) is 137 cm³/mol. The molecule has 1 saturated carbocycles. The van der Waals surface area contributed by atoms with Crippen LogP contribution in [0.4, 0.5) is 5.82 Å². The van der Waals surface area contributed by atoms with Crippen LogP contribution < -0.4 is 16.0 Å². The lowest BCUT2D eigenvalue weighted by Crippen LogP contribution is -2.56. The molecule has 3 atom stereocenters. The van der Waals surface area contributed by atoms with Gasteiger partial charge in [-0.3, -0.25) is 4.79 Å². The minimum absolute atomic E-state index is 0.0176. The van der Waals surface area contributed by atoms with Gasteiger partial charge in [-0.25, -0.2) is 13.4 Å². The maximum atomic E-state index is 13.6. The van der Waals surface area contributed by atoms with Crippen molar-refractivity contribution in [1.82, 2.24) is 19.8 Å². The standard InChI is InChI=1S/C25H38N6O4S/c1-4-17-16-31(36(33,34)20-9-10-24(27-15-20)30(3)12-6-11-26)19(5-2)13-21(17)28-25(32)22-14-23(35-29-22)18-7-8-18/h9-10,14-15,17-19,21H,4-8,11-13,16,26H2,1-3H3,(H,28,32). The fourth-order valence-electron chi connectivity index (χ4n) is 4.89. The van der Waals surface area contributed by atoms with E-state index >= 15 is 0 Å². The number of nitrogens with two attached hydrogens (primary N) is 1. The first-order valence-corrected chi connectivity index (χ1v) is 14.4. The number of carbonyl (C=O) groups is 1. The second-order valence-electron chi connectivity index (χ2n) is 9.93. The Morgan fingerprint density at radius 3 is 2.67 bits per heavy atom. The Hall–Kier alpha value is -2.50. The van der Waals surface area contributed by atoms with Gasteiger partial charge in [0, 0.05) is 50.4 Å². The van der Waals surface area contributed by atoms with Gasteiger partial charge in [0.15, 0.2) is 5.69 Å². The van der Waals surface area contributed by atoms with Gasteiger partial charge in [0.05, 0.1) is 0 Å². The molecular formula is C25H38N6O4S. The quantitative estimate of drug-likeness (QED) is 0.464. The van der Waals surface area contributed by atoms with Crippen molar-refractivity contribution < 1.29 is 17.7 Å². The fourth-order valence-corrected chi connectivity index (χ4v) is 6.61. The molecule has 0 bridgehead atoms. The zero-order chi connectivity index (χ0) is 25.9. The fraction of sp³-hybridized carbons (Fsp3) is 0.640. The normalized spacial score (nSPS) is 22.9. The summed E-state index contributed by atoms with van der Waals surface area (Å²) in [5.74, 6) is 1.58. The van der Waals surface area contributed by atoms with Gasteiger partial charge in [-0.2, -0.15) is 4.31 Å². The van der Waals surface area contributed by atoms with Crippen molar-refractivity contribution >= 4 is 21.7 Å². The molecule has 10 nitrogen and oxygen atoms in total. The maximum absolute atomic E-state index is 13.6. The summed E-state index contributed by atoms with van der Waals surface area (Å²) in [6, 6.07) is 4.73. The highest BCUT2D eigenvalue weighted by Gasteiger charge is 2.41. The average molecular weight is 519 g/mol. The third-order valence-electron chi connectivity index (χ3n) is 7.39. The number of nitrogens with one attached hydrogen (secondary N) is 1. The predicted octanol–water partition coefficient (Wildman–Crippen LogP) is 2.73. The molecule has 0 aromatic carbocycles. The van der Waals surface area contributed by atoms with E-state index in [1.807, 2.05) is 25.8 Å². The van der Waals surface area contributed by atoms with Crippen LogP contribution in [0.5, 0.6) is 0 Å². The second-order valence-corrected chi connectivity index (χ2v) is 11.8. The number of rotatable bonds is 11. The number of hydrogen-bond donors (Lipinski definition) is 2. The summed E-state index contributed by atoms with van der Waals surface area (Å²) < 4.78 is 34.2. The number of carbonyl (C=O) groups excluding carboxylic acids is 1. The molecule has 2 aliphatic rings. The highest BCUT2D eigenvalue weighted by atomic mass is 32.2. The van der Waals surface area contributed by atoms with Gasteiger partial charge < -0.3 is 20.5 Å². The van der Waals surface area contributed by atoms with Crippen molar-refractivity contribution in [2.45, 2.75) is 75.3 Å². The molecule has 1 amide bonds. The SMILES string of the molecule is CCC1CN(S(=O)(=O)c2ccc(N(C)CCCN)nc2)C(CC)CC1NC(=O)c1cc(C2CC2)on1. The molecule has 3 N–H and O–H groups in total. The Balaban J connectivity index is 1.46. The highest BCUT2D eigenvalue weighted by molar-refractivity contribution is 7.89. The first-order valence-electron chi connectivity index (χ1n) is 12.9. The number of hydrogen-bond acceptors (Lipinski definition) is 8. The minimum Gasteiger partial charge on any atom is -0.360 e. The lowest BCUT2D eigenvalue weighted by molar-refractivity contribution is 0.0846. The minimum atomic E-state index is -3.74. The Labute approximate surface area is 213 Å². The molecule has 0 radical (unpaired) electrons. The van der Waals surface area contributed by atoms with E-state index in [9.17, 15) is 13.2 Å². The summed E-state index contributed by atoms with van der Waals surface area (Å²) in [4.78, 5) is 19.4. The van der Waals surface area contributed by atoms with Crippen molar-refractivity contribution in [2.75, 3.05) is 31.6 Å². The topological polar surface area (TPSA) is 135 Å². The lowest BCUT2D eigenvalue weighted by Gasteiger charge is -2.43. The molecule has 11 heteroatoms. The van der Waals surface area contributed by atoms with Crippen LogP contribution in [0.2, 0.25) is 0 Å². The zero-order valence-electron chi connectivity index (χ0n) is 21.4. The summed E-state index contributed by atoms with van der Waals surface area (Å²) >= 11 is 0. The second kappa shape index (κ2) is 11.3. The summed E-state index contributed by atoms with van der Waals surface area (Å²) in [5.41, 5.74) is 5.87. The Morgan fingerprint density at radius 1 is 1.28 bits per heavy atom. The number of sulfonamides is 1. The van der Waals surface area contributed by atoms with Gasteiger partial charge in [0.2, 0.25) is 10.0 Å². The molecule has 1 aliphatic heterocycles. The van der Waals surface area contributed by atoms with Gasteiger partial charge in [0.1, 0.15) is 16.5 Å². The third kappa shape index (κ3) is 5.73. The molecule has 1 aliphatic carbocycles. The molecule has 2 aromatic heterocycles. The van der Waals surface area contributed by atoms with Gasteiger partial charge in [-0.1, -0.05) is 25.4 Å². The Morgan fingerprint density at radius 2 is 2.06 bits per heavy atom. The zero-order valence-corrected chi connectivity index (χ0v) is 22.2. The van der Waals surface area contributed by atoms with Crippen molar-refractivity contribution in [3.05, 3.63) is 35.9 Å². The molecule has 3 unspecified atom stereocenters. The molecule has 2 fully saturated rings. The van der Waals surface area contributed by atoms with Crippen LogP contribution in [-0.4, -0.2) is 67.5 Å². The van der Waals surface area contributed by atoms with Crippen molar-refractivity contribution in [1.29, 1.82) is 0 Å². The van der Waals surface area contributed by atoms with Crippen LogP contribution in [0.1, 0.15) is 74.5 Å². The van der Waals surface area contributed by atoms with Crippen LogP contribution in [0.25, 0.3) is 0 Å². The number of amides is 1. The van der Waals surface area contributed by atoms with Gasteiger partial charge >= 0.3 is 0 Å². The van der Waals surface area contributed by atoms with E-state index < -0.39 is 10.0 Å². The number of nitrogens with zero attached hydrogens (tertiary/aromatic N) is 4. The van der Waals surface area contributed by atoms with E-state index in [1.165, 1.54) is 6.20 Å². The van der Waals surface area contributed by atoms with E-state index in [0.29, 0.717) is 37.7 Å². The molecule has 4 rings (SSSR count). The van der Waals surface area contributed by atoms with Gasteiger partial charge in [0.25, 0.3) is 5.91 Å². The van der Waals surface area contributed by atoms with E-state index in [1.54, 1.807) is 22.5 Å². The maximum Gasteiger partial charge on any atom is 0.273 e. The van der Waals surface area contributed by atoms with Crippen LogP contribution in [0, 0.1) is 5.92 Å². The summed E-state index contributed by atoms with van der Waals surface area (Å²) in [6.07, 6.45) is 6.34. The largest absolute Gasteiger partial charge is 0.360 e. The Kier molecular flexibility index (Phi) is 8.31. The number of aromatic nitrogens is 2. The van der Waals surface area contributed by atoms with Crippen LogP contribution in [0.15, 0.2) is 33.8 Å². The molecular weight excluding hydrogens is 480 g/mol. The molecule has 0 spiro atoms. The van der Waals surface area contributed by atoms with Crippen molar-refractivity contribution in [3.63, 3.8) is 0 Å². The summed E-state index contributed by atoms with van der Waals surface area (Å²) in [6.45, 7) is 5.68. The summed E-state index contributed by atoms with van der Waals surface area (Å²) in [7, 11) is -1.82. The van der Waals surface area contributed by atoms with E-state index in [0.717, 1.165) is 38.0 Å². The highest BCUT2D eigenvalue weighted by Crippen LogP contribution is 2.40. The van der Waals surface area contributed by atoms with Crippen LogP contribution in [-0.2, 0) is 10.0 Å². The molecule has 1 saturated heterocycles. The van der Waals surface area contributed by atoms with E-state index in [-0.39, 0.29) is 34.5 Å². The van der Waals surface area contributed by atoms with Crippen LogP contribution in [0.3, 0.4) is 0 Å². The average Bonchev–Trinajstić information content (AvgIpc) is 3.62. The third-order valence-corrected chi connectivity index (χ3v) is 9.29. The number of piperidine rings is 1. The molecule has 2 aromatic rings. The molecule has 36 heavy (non-hydrogen) atoms. The number of pyridine rings is 1. The lowest BCUT2D eigenvalue weighted by atomic mass is 9.86. The van der Waals surface area contributed by atoms with Gasteiger partial charge in [-0.05, 0) is 56.7 Å². The molecule has 3 heterocycles. The van der Waals surface area contributed by atoms with E-state index in [2.05, 4.69) is 15.5 Å². The first-order chi connectivity index (χ1) is 17.3. The first kappa shape index (κ1) is 26.6. The van der Waals surface area contributed by atoms with E-state index in [4.69, 9.17) is 10.3 Å².